The maximum atomic E-state index is 13.3. The zero-order chi connectivity index (χ0) is 13.8. The van der Waals surface area contributed by atoms with E-state index >= 15 is 0 Å². The molecule has 1 aromatic carbocycles. The maximum absolute atomic E-state index is 13.3. The van der Waals surface area contributed by atoms with Crippen LogP contribution in [0.5, 0.6) is 0 Å². The lowest BCUT2D eigenvalue weighted by molar-refractivity contribution is -0.0175. The second-order valence-corrected chi connectivity index (χ2v) is 5.45. The molecular weight excluding hydrogens is 315 g/mol. The third-order valence-electron chi connectivity index (χ3n) is 3.01. The second-order valence-electron chi connectivity index (χ2n) is 4.59. The number of hydrogen-bond donors (Lipinski definition) is 1. The molecule has 0 spiro atoms. The van der Waals surface area contributed by atoms with Gasteiger partial charge in [0.25, 0.3) is 5.91 Å². The summed E-state index contributed by atoms with van der Waals surface area (Å²) in [5, 5.41) is 2.76. The maximum Gasteiger partial charge on any atom is 0.251 e. The Balaban J connectivity index is 1.88. The molecule has 1 aliphatic rings. The summed E-state index contributed by atoms with van der Waals surface area (Å²) in [6.07, 6.45) is -0.0111. The van der Waals surface area contributed by atoms with Crippen molar-refractivity contribution in [1.29, 1.82) is 0 Å². The molecule has 1 amide bonds. The average Bonchev–Trinajstić information content (AvgIpc) is 2.39. The first-order valence-corrected chi connectivity index (χ1v) is 6.89. The van der Waals surface area contributed by atoms with Gasteiger partial charge in [-0.25, -0.2) is 4.39 Å². The van der Waals surface area contributed by atoms with Gasteiger partial charge in [-0.1, -0.05) is 0 Å². The van der Waals surface area contributed by atoms with Gasteiger partial charge in [0.15, 0.2) is 0 Å². The second kappa shape index (κ2) is 6.45. The molecule has 6 heteroatoms. The van der Waals surface area contributed by atoms with Crippen LogP contribution in [0.1, 0.15) is 10.4 Å². The fourth-order valence-corrected chi connectivity index (χ4v) is 2.18. The molecule has 4 nitrogen and oxygen atoms in total. The molecule has 0 aliphatic carbocycles. The van der Waals surface area contributed by atoms with E-state index < -0.39 is 5.82 Å². The summed E-state index contributed by atoms with van der Waals surface area (Å²) >= 11 is 3.05. The highest BCUT2D eigenvalue weighted by molar-refractivity contribution is 9.10. The zero-order valence-corrected chi connectivity index (χ0v) is 12.2. The Hall–Kier alpha value is -0.980. The molecule has 0 aromatic heterocycles. The van der Waals surface area contributed by atoms with Crippen LogP contribution in [0, 0.1) is 5.82 Å². The minimum absolute atomic E-state index is 0.0111. The van der Waals surface area contributed by atoms with E-state index in [1.54, 1.807) is 6.07 Å². The third kappa shape index (κ3) is 3.99. The van der Waals surface area contributed by atoms with E-state index in [2.05, 4.69) is 26.1 Å². The molecule has 2 rings (SSSR count). The van der Waals surface area contributed by atoms with E-state index in [-0.39, 0.29) is 12.0 Å². The third-order valence-corrected chi connectivity index (χ3v) is 3.66. The summed E-state index contributed by atoms with van der Waals surface area (Å²) in [5.74, 6) is -0.732. The molecule has 1 saturated heterocycles. The number of ether oxygens (including phenoxy) is 1. The largest absolute Gasteiger partial charge is 0.374 e. The van der Waals surface area contributed by atoms with Crippen molar-refractivity contribution >= 4 is 21.8 Å². The predicted molar refractivity (Wildman–Crippen MR) is 73.7 cm³/mol. The monoisotopic (exact) mass is 330 g/mol. The van der Waals surface area contributed by atoms with Crippen LogP contribution in [-0.4, -0.2) is 50.2 Å². The van der Waals surface area contributed by atoms with Gasteiger partial charge in [-0.05, 0) is 41.2 Å². The van der Waals surface area contributed by atoms with Gasteiger partial charge in [-0.3, -0.25) is 4.79 Å². The van der Waals surface area contributed by atoms with Gasteiger partial charge in [0.1, 0.15) is 5.82 Å². The SMILES string of the molecule is CN1CCOC(CNC(=O)c2ccc(Br)c(F)c2)C1. The predicted octanol–water partition coefficient (Wildman–Crippen LogP) is 1.65. The van der Waals surface area contributed by atoms with Gasteiger partial charge < -0.3 is 15.0 Å². The number of rotatable bonds is 3. The van der Waals surface area contributed by atoms with Crippen molar-refractivity contribution in [1.82, 2.24) is 10.2 Å². The van der Waals surface area contributed by atoms with Crippen LogP contribution in [0.3, 0.4) is 0 Å². The van der Waals surface area contributed by atoms with Gasteiger partial charge in [-0.15, -0.1) is 0 Å². The Morgan fingerprint density at radius 1 is 1.63 bits per heavy atom. The van der Waals surface area contributed by atoms with Crippen molar-refractivity contribution in [2.75, 3.05) is 33.3 Å². The zero-order valence-electron chi connectivity index (χ0n) is 10.7. The number of nitrogens with one attached hydrogen (secondary N) is 1. The Kier molecular flexibility index (Phi) is 4.90. The van der Waals surface area contributed by atoms with Gasteiger partial charge >= 0.3 is 0 Å². The number of nitrogens with zero attached hydrogens (tertiary/aromatic N) is 1. The lowest BCUT2D eigenvalue weighted by Gasteiger charge is -2.30. The molecule has 1 N–H and O–H groups in total. The molecule has 1 heterocycles. The number of halogens is 2. The average molecular weight is 331 g/mol. The van der Waals surface area contributed by atoms with Crippen molar-refractivity contribution in [3.8, 4) is 0 Å². The summed E-state index contributed by atoms with van der Waals surface area (Å²) in [4.78, 5) is 14.0. The number of benzene rings is 1. The summed E-state index contributed by atoms with van der Waals surface area (Å²) in [6, 6.07) is 4.32. The molecule has 0 saturated carbocycles. The molecule has 1 fully saturated rings. The first-order valence-electron chi connectivity index (χ1n) is 6.09. The molecule has 104 valence electrons. The van der Waals surface area contributed by atoms with Gasteiger partial charge in [-0.2, -0.15) is 0 Å². The fraction of sp³-hybridized carbons (Fsp3) is 0.462. The van der Waals surface area contributed by atoms with Crippen LogP contribution in [-0.2, 0) is 4.74 Å². The quantitative estimate of drug-likeness (QED) is 0.916. The fourth-order valence-electron chi connectivity index (χ4n) is 1.94. The summed E-state index contributed by atoms with van der Waals surface area (Å²) in [5.41, 5.74) is 0.310. The van der Waals surface area contributed by atoms with E-state index in [1.165, 1.54) is 12.1 Å². The van der Waals surface area contributed by atoms with Crippen LogP contribution in [0.2, 0.25) is 0 Å². The van der Waals surface area contributed by atoms with E-state index in [9.17, 15) is 9.18 Å². The molecule has 1 aromatic rings. The number of hydrogen-bond acceptors (Lipinski definition) is 3. The van der Waals surface area contributed by atoms with Crippen molar-refractivity contribution in [2.24, 2.45) is 0 Å². The van der Waals surface area contributed by atoms with Crippen molar-refractivity contribution < 1.29 is 13.9 Å². The van der Waals surface area contributed by atoms with E-state index in [1.807, 2.05) is 7.05 Å². The van der Waals surface area contributed by atoms with Gasteiger partial charge in [0, 0.05) is 25.2 Å². The van der Waals surface area contributed by atoms with Gasteiger partial charge in [0.2, 0.25) is 0 Å². The Bertz CT molecular complexity index is 470. The number of carbonyl (C=O) groups excluding carboxylic acids is 1. The molecule has 1 unspecified atom stereocenters. The molecule has 1 aliphatic heterocycles. The number of likely N-dealkylation sites (N-methyl/N-ethyl adjacent to an activating group) is 1. The number of morpholine rings is 1. The normalized spacial score (nSPS) is 20.3. The van der Waals surface area contributed by atoms with Crippen LogP contribution in [0.15, 0.2) is 22.7 Å². The van der Waals surface area contributed by atoms with Gasteiger partial charge in [0.05, 0.1) is 17.2 Å². The van der Waals surface area contributed by atoms with Crippen LogP contribution in [0.4, 0.5) is 4.39 Å². The Labute approximate surface area is 120 Å². The molecule has 1 atom stereocenters. The number of carbonyl (C=O) groups is 1. The highest BCUT2D eigenvalue weighted by atomic mass is 79.9. The molecular formula is C13H16BrFN2O2. The standard InChI is InChI=1S/C13H16BrFN2O2/c1-17-4-5-19-10(8-17)7-16-13(18)9-2-3-11(14)12(15)6-9/h2-3,6,10H,4-5,7-8H2,1H3,(H,16,18). The molecule has 0 radical (unpaired) electrons. The highest BCUT2D eigenvalue weighted by Gasteiger charge is 2.18. The number of amides is 1. The topological polar surface area (TPSA) is 41.6 Å². The summed E-state index contributed by atoms with van der Waals surface area (Å²) in [7, 11) is 2.02. The van der Waals surface area contributed by atoms with E-state index in [0.29, 0.717) is 23.2 Å². The van der Waals surface area contributed by atoms with Crippen LogP contribution in [0.25, 0.3) is 0 Å². The minimum Gasteiger partial charge on any atom is -0.374 e. The minimum atomic E-state index is -0.443. The van der Waals surface area contributed by atoms with Crippen LogP contribution < -0.4 is 5.32 Å². The lowest BCUT2D eigenvalue weighted by atomic mass is 10.2. The summed E-state index contributed by atoms with van der Waals surface area (Å²) < 4.78 is 19.2. The Morgan fingerprint density at radius 3 is 3.11 bits per heavy atom. The smallest absolute Gasteiger partial charge is 0.251 e. The molecule has 19 heavy (non-hydrogen) atoms. The van der Waals surface area contributed by atoms with Crippen molar-refractivity contribution in [3.63, 3.8) is 0 Å². The van der Waals surface area contributed by atoms with Crippen LogP contribution >= 0.6 is 15.9 Å². The highest BCUT2D eigenvalue weighted by Crippen LogP contribution is 2.16. The van der Waals surface area contributed by atoms with Crippen molar-refractivity contribution in [3.05, 3.63) is 34.1 Å². The lowest BCUT2D eigenvalue weighted by Crippen LogP contribution is -2.45. The first kappa shape index (κ1) is 14.4. The van der Waals surface area contributed by atoms with E-state index in [4.69, 9.17) is 4.74 Å². The molecule has 0 bridgehead atoms. The van der Waals surface area contributed by atoms with E-state index in [0.717, 1.165) is 13.1 Å². The summed E-state index contributed by atoms with van der Waals surface area (Å²) in [6.45, 7) is 2.79. The Morgan fingerprint density at radius 2 is 2.42 bits per heavy atom. The first-order chi connectivity index (χ1) is 9.06. The van der Waals surface area contributed by atoms with Crippen molar-refractivity contribution in [2.45, 2.75) is 6.10 Å².